The maximum atomic E-state index is 9.22. The van der Waals surface area contributed by atoms with Crippen molar-refractivity contribution in [2.24, 2.45) is 58.1 Å². The van der Waals surface area contributed by atoms with E-state index in [0.29, 0.717) is 46.6 Å². The Morgan fingerprint density at radius 1 is 0.686 bits per heavy atom. The van der Waals surface area contributed by atoms with Gasteiger partial charge in [-0.15, -0.1) is 0 Å². The minimum atomic E-state index is -4.41. The Bertz CT molecular complexity index is 2590. The minimum absolute atomic E-state index is 0. The maximum Gasteiger partial charge on any atom is 2.00 e. The Hall–Kier alpha value is -5.65. The minimum Gasteiger partial charge on any atom is -0.726 e. The zero-order valence-corrected chi connectivity index (χ0v) is 29.4. The van der Waals surface area contributed by atoms with Gasteiger partial charge in [0.1, 0.15) is 21.1 Å². The molecule has 0 amide bonds. The molecule has 0 saturated carbocycles. The average molecular weight is 751 g/mol. The van der Waals surface area contributed by atoms with Gasteiger partial charge in [0.2, 0.25) is 27.8 Å². The fourth-order valence-corrected chi connectivity index (χ4v) is 6.19. The predicted octanol–water partition coefficient (Wildman–Crippen LogP) is 1.36. The first-order valence-corrected chi connectivity index (χ1v) is 16.5. The molecule has 6 aliphatic heterocycles. The van der Waals surface area contributed by atoms with Crippen LogP contribution < -0.4 is 13.7 Å². The Labute approximate surface area is 302 Å². The molecule has 0 aromatic carbocycles. The molecular weight excluding hydrogens is 724 g/mol. The number of aliphatic imine (C=N–C) groups is 6. The molecule has 257 valence electrons. The Morgan fingerprint density at radius 3 is 1.69 bits per heavy atom. The van der Waals surface area contributed by atoms with Gasteiger partial charge in [-0.3, -0.25) is 4.18 Å². The van der Waals surface area contributed by atoms with Crippen LogP contribution in [0.4, 0.5) is 11.6 Å². The summed E-state index contributed by atoms with van der Waals surface area (Å²) in [6.45, 7) is 0. The van der Waals surface area contributed by atoms with Gasteiger partial charge in [0.15, 0.2) is 36.1 Å². The Kier molecular flexibility index (Phi) is 8.35. The van der Waals surface area contributed by atoms with Gasteiger partial charge in [-0.25, -0.2) is 33.4 Å². The summed E-state index contributed by atoms with van der Waals surface area (Å²) < 4.78 is 39.0. The second kappa shape index (κ2) is 12.6. The number of amidine groups is 6. The van der Waals surface area contributed by atoms with Gasteiger partial charge in [-0.2, -0.15) is 13.7 Å². The summed E-state index contributed by atoms with van der Waals surface area (Å²) >= 11 is 0. The van der Waals surface area contributed by atoms with Crippen molar-refractivity contribution in [3.63, 3.8) is 0 Å². The van der Waals surface area contributed by atoms with Gasteiger partial charge >= 0.3 is 17.1 Å². The number of pyridine rings is 4. The molecule has 16 nitrogen and oxygen atoms in total. The fourth-order valence-electron chi connectivity index (χ4n) is 6.19. The van der Waals surface area contributed by atoms with E-state index in [9.17, 15) is 13.0 Å². The number of aromatic nitrogens is 5. The van der Waals surface area contributed by atoms with Gasteiger partial charge in [0.05, 0.1) is 35.3 Å². The van der Waals surface area contributed by atoms with E-state index in [2.05, 4.69) is 4.18 Å². The molecule has 6 aliphatic rings. The third-order valence-corrected chi connectivity index (χ3v) is 8.84. The number of fused-ring (bicyclic) bond motifs is 17. The van der Waals surface area contributed by atoms with E-state index in [4.69, 9.17) is 40.3 Å². The molecule has 0 atom stereocenters. The zero-order valence-electron chi connectivity index (χ0n) is 27.6. The van der Waals surface area contributed by atoms with Crippen molar-refractivity contribution >= 4 is 57.0 Å². The largest absolute Gasteiger partial charge is 2.00 e. The predicted molar refractivity (Wildman–Crippen MR) is 181 cm³/mol. The van der Waals surface area contributed by atoms with Crippen molar-refractivity contribution in [2.75, 3.05) is 7.11 Å². The van der Waals surface area contributed by atoms with Gasteiger partial charge in [-0.05, 0) is 30.3 Å². The molecule has 3 aromatic rings. The van der Waals surface area contributed by atoms with E-state index in [1.165, 1.54) is 0 Å². The first-order valence-electron chi connectivity index (χ1n) is 15.2. The number of nitrogens with zero attached hydrogens (tertiary/aromatic N) is 12. The molecule has 3 aromatic heterocycles. The first kappa shape index (κ1) is 33.8. The van der Waals surface area contributed by atoms with E-state index < -0.39 is 10.4 Å². The van der Waals surface area contributed by atoms with Crippen molar-refractivity contribution in [2.45, 2.75) is 0 Å². The van der Waals surface area contributed by atoms with Crippen LogP contribution in [0.2, 0.25) is 0 Å². The summed E-state index contributed by atoms with van der Waals surface area (Å²) in [5.74, 6) is 4.15. The molecule has 0 fully saturated rings. The van der Waals surface area contributed by atoms with Crippen molar-refractivity contribution in [1.82, 2.24) is 9.55 Å². The molecule has 51 heavy (non-hydrogen) atoms. The molecule has 1 radical (unpaired) electrons. The Balaban J connectivity index is 0.000000537. The molecule has 18 heteroatoms. The molecule has 0 aliphatic carbocycles. The van der Waals surface area contributed by atoms with Crippen molar-refractivity contribution in [3.05, 3.63) is 112 Å². The molecule has 0 spiro atoms. The van der Waals surface area contributed by atoms with E-state index in [1.54, 1.807) is 0 Å². The van der Waals surface area contributed by atoms with Crippen LogP contribution in [-0.4, -0.2) is 64.6 Å². The molecule has 8 bridgehead atoms. The molecular formula is C33H27CuN12O4S+3. The topological polar surface area (TPSA) is 184 Å². The van der Waals surface area contributed by atoms with Crippen LogP contribution in [0.3, 0.4) is 0 Å². The SMILES string of the molecule is COS(=O)(=O)[O-].Cn1cccc2c3nc(c1-2)[N-]C1=NC(=NC2=NC(=NC4=NC(=N3)c3c4ccc[n+]3C)c3c2ccc[n+]3C)c2c1ccc[n+]2C.[Cu+2]. The average Bonchev–Trinajstić information content (AvgIpc) is 3.81. The van der Waals surface area contributed by atoms with Crippen molar-refractivity contribution < 1.29 is 47.9 Å². The smallest absolute Gasteiger partial charge is 0.726 e. The van der Waals surface area contributed by atoms with E-state index in [1.807, 2.05) is 120 Å². The van der Waals surface area contributed by atoms with Crippen LogP contribution in [0.25, 0.3) is 16.6 Å². The number of hydrogen-bond acceptors (Lipinski definition) is 11. The number of aryl methyl sites for hydroxylation is 4. The van der Waals surface area contributed by atoms with Crippen molar-refractivity contribution in [1.29, 1.82) is 0 Å². The summed E-state index contributed by atoms with van der Waals surface area (Å²) in [4.78, 5) is 34.9. The molecule has 0 N–H and O–H groups in total. The van der Waals surface area contributed by atoms with Crippen LogP contribution in [0.5, 0.6) is 0 Å². The molecule has 0 unspecified atom stereocenters. The standard InChI is InChI=1S/C32H24N12.CH4O4S.Cu/c1-41-13-5-9-17-21(41)29-33-25(17)38-30-23-19(11-7-15-43(23)3)27(35-30)40-32-24-20(12-8-16-44(24)4)28(36-32)39-31-22-18(26(34-31)37-29)10-6-14-42(22)2;1-5-6(2,3)4;/h5-16H,1-4H3;1H3,(H,2,3,4);/q+2;;+2/p-1. The van der Waals surface area contributed by atoms with Gasteiger partial charge < -0.3 is 24.4 Å². The van der Waals surface area contributed by atoms with Crippen LogP contribution >= 0.6 is 0 Å². The summed E-state index contributed by atoms with van der Waals surface area (Å²) in [7, 11) is 4.30. The molecule has 9 heterocycles. The van der Waals surface area contributed by atoms with Crippen LogP contribution in [-0.2, 0) is 59.8 Å². The number of rotatable bonds is 1. The Morgan fingerprint density at radius 2 is 1.14 bits per heavy atom. The fraction of sp³-hybridized carbons (Fsp3) is 0.152. The molecule has 9 rings (SSSR count). The summed E-state index contributed by atoms with van der Waals surface area (Å²) in [5, 5.41) is 5.04. The molecule has 0 saturated heterocycles. The van der Waals surface area contributed by atoms with Crippen molar-refractivity contribution in [3.8, 4) is 11.3 Å². The van der Waals surface area contributed by atoms with E-state index in [0.717, 1.165) is 52.1 Å². The third kappa shape index (κ3) is 5.78. The van der Waals surface area contributed by atoms with E-state index >= 15 is 0 Å². The monoisotopic (exact) mass is 750 g/mol. The zero-order chi connectivity index (χ0) is 34.9. The second-order valence-electron chi connectivity index (χ2n) is 11.6. The van der Waals surface area contributed by atoms with Crippen LogP contribution in [0, 0.1) is 0 Å². The summed E-state index contributed by atoms with van der Waals surface area (Å²) in [5.41, 5.74) is 6.81. The summed E-state index contributed by atoms with van der Waals surface area (Å²) in [6, 6.07) is 15.9. The van der Waals surface area contributed by atoms with Gasteiger partial charge in [-0.1, -0.05) is 0 Å². The summed E-state index contributed by atoms with van der Waals surface area (Å²) in [6.07, 6.45) is 7.90. The quantitative estimate of drug-likeness (QED) is 0.108. The number of hydrogen-bond donors (Lipinski definition) is 0. The van der Waals surface area contributed by atoms with Crippen LogP contribution in [0.1, 0.15) is 33.8 Å². The first-order chi connectivity index (χ1) is 24.0. The second-order valence-corrected chi connectivity index (χ2v) is 12.7. The normalized spacial score (nSPS) is 15.0. The van der Waals surface area contributed by atoms with Gasteiger partial charge in [0.25, 0.3) is 11.4 Å². The third-order valence-electron chi connectivity index (χ3n) is 8.43. The maximum absolute atomic E-state index is 9.22. The van der Waals surface area contributed by atoms with E-state index in [-0.39, 0.29) is 17.1 Å². The van der Waals surface area contributed by atoms with Gasteiger partial charge in [0, 0.05) is 48.7 Å². The van der Waals surface area contributed by atoms with Crippen LogP contribution in [0.15, 0.2) is 103 Å².